The number of nitrogens with zero attached hydrogens (tertiary/aromatic N) is 4. The Bertz CT molecular complexity index is 711. The summed E-state index contributed by atoms with van der Waals surface area (Å²) in [6.07, 6.45) is 1.00. The van der Waals surface area contributed by atoms with E-state index in [-0.39, 0.29) is 30.0 Å². The summed E-state index contributed by atoms with van der Waals surface area (Å²) in [6.45, 7) is 9.56. The number of halogens is 1. The van der Waals surface area contributed by atoms with E-state index in [1.807, 2.05) is 13.0 Å². The third-order valence-corrected chi connectivity index (χ3v) is 4.52. The lowest BCUT2D eigenvalue weighted by molar-refractivity contribution is 0.306. The van der Waals surface area contributed by atoms with E-state index in [0.717, 1.165) is 37.7 Å². The summed E-state index contributed by atoms with van der Waals surface area (Å²) in [4.78, 5) is 7.02. The monoisotopic (exact) mass is 498 g/mol. The maximum absolute atomic E-state index is 4.81. The minimum Gasteiger partial charge on any atom is -0.357 e. The lowest BCUT2D eigenvalue weighted by Gasteiger charge is -2.23. The Morgan fingerprint density at radius 3 is 2.46 bits per heavy atom. The van der Waals surface area contributed by atoms with Crippen LogP contribution in [0.1, 0.15) is 36.3 Å². The van der Waals surface area contributed by atoms with E-state index in [9.17, 15) is 0 Å². The van der Waals surface area contributed by atoms with Crippen LogP contribution in [0.2, 0.25) is 0 Å². The van der Waals surface area contributed by atoms with Crippen molar-refractivity contribution >= 4 is 29.9 Å². The topological polar surface area (TPSA) is 57.5 Å². The first kappa shape index (κ1) is 24.4. The van der Waals surface area contributed by atoms with Crippen molar-refractivity contribution in [2.75, 3.05) is 33.7 Å². The third-order valence-electron chi connectivity index (χ3n) is 4.52. The summed E-state index contributed by atoms with van der Waals surface area (Å²) in [5, 5.41) is 11.3. The maximum Gasteiger partial charge on any atom is 0.191 e. The van der Waals surface area contributed by atoms with Crippen LogP contribution in [0.3, 0.4) is 0 Å². The highest BCUT2D eigenvalue weighted by molar-refractivity contribution is 14.0. The Morgan fingerprint density at radius 1 is 1.18 bits per heavy atom. The minimum absolute atomic E-state index is 0. The van der Waals surface area contributed by atoms with Crippen molar-refractivity contribution < 1.29 is 0 Å². The van der Waals surface area contributed by atoms with Crippen LogP contribution in [0, 0.1) is 13.8 Å². The summed E-state index contributed by atoms with van der Waals surface area (Å²) in [5.74, 6) is 0.869. The molecule has 1 atom stereocenters. The van der Waals surface area contributed by atoms with Gasteiger partial charge < -0.3 is 15.5 Å². The summed E-state index contributed by atoms with van der Waals surface area (Å²) in [5.41, 5.74) is 3.57. The molecule has 7 heteroatoms. The van der Waals surface area contributed by atoms with E-state index in [1.165, 1.54) is 11.3 Å². The molecule has 1 unspecified atom stereocenters. The predicted octanol–water partition coefficient (Wildman–Crippen LogP) is 3.37. The molecule has 0 spiro atoms. The van der Waals surface area contributed by atoms with Crippen LogP contribution in [0.25, 0.3) is 0 Å². The maximum atomic E-state index is 4.81. The van der Waals surface area contributed by atoms with Gasteiger partial charge in [0.05, 0.1) is 18.3 Å². The van der Waals surface area contributed by atoms with Crippen molar-refractivity contribution in [3.05, 3.63) is 53.3 Å². The molecular formula is C21H35IN6. The van der Waals surface area contributed by atoms with E-state index in [4.69, 9.17) is 4.99 Å². The van der Waals surface area contributed by atoms with Gasteiger partial charge in [0.15, 0.2) is 5.96 Å². The van der Waals surface area contributed by atoms with Gasteiger partial charge in [-0.1, -0.05) is 30.3 Å². The molecule has 6 nitrogen and oxygen atoms in total. The molecule has 0 radical (unpaired) electrons. The molecule has 2 N–H and O–H groups in total. The molecule has 0 aliphatic heterocycles. The lowest BCUT2D eigenvalue weighted by Crippen LogP contribution is -2.38. The lowest BCUT2D eigenvalue weighted by atomic mass is 10.1. The standard InChI is InChI=1S/C21H34N6.HI/c1-6-22-21(23-13-10-14-27-18(3)15-17(2)25-27)24-16-20(26(4)5)19-11-8-7-9-12-19;/h7-9,11-12,15,20H,6,10,13-14,16H2,1-5H3,(H2,22,23,24);1H. The van der Waals surface area contributed by atoms with Crippen molar-refractivity contribution in [2.24, 2.45) is 4.99 Å². The van der Waals surface area contributed by atoms with Gasteiger partial charge in [0.1, 0.15) is 0 Å². The molecule has 1 aromatic heterocycles. The first-order valence-electron chi connectivity index (χ1n) is 9.76. The van der Waals surface area contributed by atoms with Gasteiger partial charge in [-0.3, -0.25) is 9.67 Å². The van der Waals surface area contributed by atoms with E-state index in [2.05, 4.69) is 83.6 Å². The summed E-state index contributed by atoms with van der Waals surface area (Å²) in [7, 11) is 4.20. The zero-order chi connectivity index (χ0) is 19.6. The Labute approximate surface area is 186 Å². The first-order chi connectivity index (χ1) is 13.0. The van der Waals surface area contributed by atoms with E-state index in [0.29, 0.717) is 6.54 Å². The van der Waals surface area contributed by atoms with Crippen molar-refractivity contribution in [1.29, 1.82) is 0 Å². The summed E-state index contributed by atoms with van der Waals surface area (Å²) in [6, 6.07) is 12.9. The van der Waals surface area contributed by atoms with Crippen LogP contribution in [0.5, 0.6) is 0 Å². The number of benzene rings is 1. The molecule has 1 aromatic carbocycles. The number of rotatable bonds is 9. The van der Waals surface area contributed by atoms with Crippen LogP contribution in [0.4, 0.5) is 0 Å². The van der Waals surface area contributed by atoms with Crippen molar-refractivity contribution in [2.45, 2.75) is 39.8 Å². The second kappa shape index (κ2) is 12.8. The normalized spacial score (nSPS) is 12.6. The van der Waals surface area contributed by atoms with Gasteiger partial charge in [0, 0.05) is 25.3 Å². The summed E-state index contributed by atoms with van der Waals surface area (Å²) < 4.78 is 2.07. The number of aryl methyl sites for hydroxylation is 3. The quantitative estimate of drug-likeness (QED) is 0.241. The number of likely N-dealkylation sites (N-methyl/N-ethyl adjacent to an activating group) is 1. The Kier molecular flexibility index (Phi) is 11.1. The molecule has 2 rings (SSSR count). The summed E-state index contributed by atoms with van der Waals surface area (Å²) >= 11 is 0. The SMILES string of the molecule is CCNC(=NCC(c1ccccc1)N(C)C)NCCCn1nc(C)cc1C.I. The van der Waals surface area contributed by atoms with E-state index >= 15 is 0 Å². The van der Waals surface area contributed by atoms with Crippen molar-refractivity contribution in [3.63, 3.8) is 0 Å². The van der Waals surface area contributed by atoms with Crippen LogP contribution >= 0.6 is 24.0 Å². The average molecular weight is 498 g/mol. The molecule has 0 aliphatic carbocycles. The largest absolute Gasteiger partial charge is 0.357 e. The second-order valence-electron chi connectivity index (χ2n) is 7.04. The van der Waals surface area contributed by atoms with Gasteiger partial charge >= 0.3 is 0 Å². The fourth-order valence-electron chi connectivity index (χ4n) is 3.10. The highest BCUT2D eigenvalue weighted by Crippen LogP contribution is 2.17. The highest BCUT2D eigenvalue weighted by Gasteiger charge is 2.13. The zero-order valence-corrected chi connectivity index (χ0v) is 20.1. The fourth-order valence-corrected chi connectivity index (χ4v) is 3.10. The van der Waals surface area contributed by atoms with Crippen LogP contribution in [-0.4, -0.2) is 54.4 Å². The number of aromatic nitrogens is 2. The number of aliphatic imine (C=N–C) groups is 1. The van der Waals surface area contributed by atoms with Gasteiger partial charge in [0.25, 0.3) is 0 Å². The van der Waals surface area contributed by atoms with Crippen molar-refractivity contribution in [1.82, 2.24) is 25.3 Å². The van der Waals surface area contributed by atoms with Crippen LogP contribution in [-0.2, 0) is 6.54 Å². The van der Waals surface area contributed by atoms with Gasteiger partial charge in [-0.2, -0.15) is 5.10 Å². The minimum atomic E-state index is 0. The molecule has 2 aromatic rings. The second-order valence-corrected chi connectivity index (χ2v) is 7.04. The number of guanidine groups is 1. The molecule has 1 heterocycles. The molecule has 0 saturated carbocycles. The number of hydrogen-bond acceptors (Lipinski definition) is 3. The molecule has 0 saturated heterocycles. The van der Waals surface area contributed by atoms with Gasteiger partial charge in [-0.15, -0.1) is 24.0 Å². The number of hydrogen-bond donors (Lipinski definition) is 2. The molecule has 0 fully saturated rings. The van der Waals surface area contributed by atoms with Crippen LogP contribution in [0.15, 0.2) is 41.4 Å². The first-order valence-corrected chi connectivity index (χ1v) is 9.76. The van der Waals surface area contributed by atoms with E-state index in [1.54, 1.807) is 0 Å². The molecule has 156 valence electrons. The molecule has 28 heavy (non-hydrogen) atoms. The third kappa shape index (κ3) is 7.79. The van der Waals surface area contributed by atoms with Crippen molar-refractivity contribution in [3.8, 4) is 0 Å². The molecule has 0 amide bonds. The Hall–Kier alpha value is -1.61. The van der Waals surface area contributed by atoms with Gasteiger partial charge in [0.2, 0.25) is 0 Å². The Balaban J connectivity index is 0.00000392. The van der Waals surface area contributed by atoms with E-state index < -0.39 is 0 Å². The number of nitrogens with one attached hydrogen (secondary N) is 2. The zero-order valence-electron chi connectivity index (χ0n) is 17.8. The van der Waals surface area contributed by atoms with Crippen LogP contribution < -0.4 is 10.6 Å². The predicted molar refractivity (Wildman–Crippen MR) is 129 cm³/mol. The smallest absolute Gasteiger partial charge is 0.191 e. The molecule has 0 aliphatic rings. The molecule has 0 bridgehead atoms. The Morgan fingerprint density at radius 2 is 1.89 bits per heavy atom. The van der Waals surface area contributed by atoms with Gasteiger partial charge in [-0.05, 0) is 52.9 Å². The van der Waals surface area contributed by atoms with Gasteiger partial charge in [-0.25, -0.2) is 0 Å². The average Bonchev–Trinajstić information content (AvgIpc) is 2.96. The fraction of sp³-hybridized carbons (Fsp3) is 0.524. The molecular weight excluding hydrogens is 463 g/mol. The highest BCUT2D eigenvalue weighted by atomic mass is 127.